The van der Waals surface area contributed by atoms with Crippen LogP contribution in [0.1, 0.15) is 63.4 Å². The normalized spacial score (nSPS) is 17.9. The van der Waals surface area contributed by atoms with E-state index in [1.54, 1.807) is 6.92 Å². The van der Waals surface area contributed by atoms with Gasteiger partial charge in [0.2, 0.25) is 0 Å². The van der Waals surface area contributed by atoms with E-state index in [2.05, 4.69) is 32.4 Å². The number of nitrogens with one attached hydrogen (secondary N) is 2. The van der Waals surface area contributed by atoms with Crippen LogP contribution in [0.4, 0.5) is 27.8 Å². The van der Waals surface area contributed by atoms with Gasteiger partial charge < -0.3 is 15.4 Å². The summed E-state index contributed by atoms with van der Waals surface area (Å²) in [5.41, 5.74) is -0.0278. The maximum absolute atomic E-state index is 13.2. The van der Waals surface area contributed by atoms with E-state index in [-0.39, 0.29) is 40.8 Å². The molecule has 224 valence electrons. The van der Waals surface area contributed by atoms with E-state index in [4.69, 9.17) is 20.0 Å². The number of anilines is 1. The fourth-order valence-corrected chi connectivity index (χ4v) is 4.73. The Bertz CT molecular complexity index is 1170. The second-order valence-electron chi connectivity index (χ2n) is 9.32. The molecule has 1 aliphatic carbocycles. The van der Waals surface area contributed by atoms with Gasteiger partial charge in [-0.2, -0.15) is 35.5 Å². The van der Waals surface area contributed by atoms with E-state index >= 15 is 0 Å². The molecule has 2 aromatic rings. The highest BCUT2D eigenvalue weighted by atomic mass is 35.5. The molecule has 0 unspecified atom stereocenters. The van der Waals surface area contributed by atoms with Crippen molar-refractivity contribution in [3.8, 4) is 17.0 Å². The molecule has 16 heteroatoms. The molecule has 1 amide bonds. The molecular weight excluding hydrogens is 585 g/mol. The number of hydrogen-bond acceptors (Lipinski definition) is 7. The van der Waals surface area contributed by atoms with Crippen LogP contribution in [0.3, 0.4) is 0 Å². The minimum atomic E-state index is -4.57. The number of ether oxygens (including phenoxy) is 1. The van der Waals surface area contributed by atoms with Crippen LogP contribution >= 0.6 is 11.6 Å². The Morgan fingerprint density at radius 2 is 1.85 bits per heavy atom. The number of rotatable bonds is 10. The maximum Gasteiger partial charge on any atom is 0.408 e. The molecule has 2 heterocycles. The molecule has 40 heavy (non-hydrogen) atoms. The van der Waals surface area contributed by atoms with Crippen molar-refractivity contribution < 1.29 is 39.9 Å². The van der Waals surface area contributed by atoms with E-state index in [1.165, 1.54) is 11.6 Å². The second kappa shape index (κ2) is 15.3. The molecule has 0 spiro atoms. The van der Waals surface area contributed by atoms with E-state index in [0.717, 1.165) is 37.9 Å². The molecule has 9 nitrogen and oxygen atoms in total. The van der Waals surface area contributed by atoms with Crippen molar-refractivity contribution in [3.63, 3.8) is 0 Å². The average Bonchev–Trinajstić information content (AvgIpc) is 3.22. The van der Waals surface area contributed by atoms with Crippen molar-refractivity contribution >= 4 is 34.9 Å². The minimum Gasteiger partial charge on any atom is -0.434 e. The Morgan fingerprint density at radius 1 is 1.23 bits per heavy atom. The summed E-state index contributed by atoms with van der Waals surface area (Å²) >= 11 is 5.76. The zero-order valence-corrected chi connectivity index (χ0v) is 23.6. The molecule has 2 aromatic heterocycles. The maximum atomic E-state index is 13.2. The Hall–Kier alpha value is -2.81. The lowest BCUT2D eigenvalue weighted by molar-refractivity contribution is -0.142. The quantitative estimate of drug-likeness (QED) is 0.322. The Morgan fingerprint density at radius 3 is 2.38 bits per heavy atom. The van der Waals surface area contributed by atoms with Gasteiger partial charge in [-0.15, -0.1) is 0 Å². The number of halogens is 6. The number of carbonyl (C=O) groups excluding carboxylic acids is 1. The van der Waals surface area contributed by atoms with Crippen LogP contribution in [0, 0.1) is 11.8 Å². The van der Waals surface area contributed by atoms with Gasteiger partial charge in [-0.3, -0.25) is 9.48 Å². The van der Waals surface area contributed by atoms with Gasteiger partial charge in [-0.05, 0) is 38.0 Å². The third kappa shape index (κ3) is 9.11. The van der Waals surface area contributed by atoms with Crippen LogP contribution in [0.5, 0.6) is 5.75 Å². The second-order valence-corrected chi connectivity index (χ2v) is 9.84. The summed E-state index contributed by atoms with van der Waals surface area (Å²) in [6.45, 7) is 2.67. The summed E-state index contributed by atoms with van der Waals surface area (Å²) < 4.78 is 88.5. The lowest BCUT2D eigenvalue weighted by Gasteiger charge is -2.26. The zero-order valence-electron chi connectivity index (χ0n) is 22.1. The van der Waals surface area contributed by atoms with Gasteiger partial charge in [0.05, 0.1) is 16.3 Å². The highest BCUT2D eigenvalue weighted by Crippen LogP contribution is 2.39. The Balaban J connectivity index is 0.00000178. The van der Waals surface area contributed by atoms with E-state index in [9.17, 15) is 26.7 Å². The van der Waals surface area contributed by atoms with Gasteiger partial charge in [-0.25, -0.2) is 4.98 Å². The summed E-state index contributed by atoms with van der Waals surface area (Å²) in [6, 6.07) is -0.985. The van der Waals surface area contributed by atoms with E-state index in [0.29, 0.717) is 18.4 Å². The van der Waals surface area contributed by atoms with Crippen LogP contribution in [0.25, 0.3) is 11.3 Å². The number of amides is 1. The first kappa shape index (κ1) is 33.4. The molecular formula is C24H31ClF5N5O4S. The summed E-state index contributed by atoms with van der Waals surface area (Å²) in [5, 5.41) is 9.21. The molecule has 1 fully saturated rings. The molecule has 1 saturated carbocycles. The molecule has 0 radical (unpaired) electrons. The van der Waals surface area contributed by atoms with Crippen molar-refractivity contribution in [2.45, 2.75) is 78.2 Å². The van der Waals surface area contributed by atoms with Crippen molar-refractivity contribution in [1.82, 2.24) is 20.1 Å². The zero-order chi connectivity index (χ0) is 30.0. The highest BCUT2D eigenvalue weighted by Gasteiger charge is 2.38. The van der Waals surface area contributed by atoms with Gasteiger partial charge in [0.1, 0.15) is 17.6 Å². The Labute approximate surface area is 236 Å². The van der Waals surface area contributed by atoms with Crippen molar-refractivity contribution in [2.24, 2.45) is 11.8 Å². The predicted molar refractivity (Wildman–Crippen MR) is 139 cm³/mol. The van der Waals surface area contributed by atoms with Crippen LogP contribution in [-0.2, 0) is 18.1 Å². The van der Waals surface area contributed by atoms with Crippen LogP contribution in [0.2, 0.25) is 5.02 Å². The smallest absolute Gasteiger partial charge is 0.408 e. The van der Waals surface area contributed by atoms with Crippen LogP contribution in [-0.4, -0.2) is 54.5 Å². The van der Waals surface area contributed by atoms with Crippen molar-refractivity contribution in [3.05, 3.63) is 23.0 Å². The van der Waals surface area contributed by atoms with Crippen molar-refractivity contribution in [2.75, 3.05) is 11.9 Å². The molecule has 0 aromatic carbocycles. The van der Waals surface area contributed by atoms with Gasteiger partial charge in [0, 0.05) is 25.4 Å². The predicted octanol–water partition coefficient (Wildman–Crippen LogP) is 5.86. The third-order valence-corrected chi connectivity index (χ3v) is 6.92. The fourth-order valence-electron chi connectivity index (χ4n) is 4.41. The number of pyridine rings is 1. The fraction of sp³-hybridized carbons (Fsp3) is 0.625. The summed E-state index contributed by atoms with van der Waals surface area (Å²) in [6.07, 6.45) is 0.426. The first-order valence-electron chi connectivity index (χ1n) is 12.6. The van der Waals surface area contributed by atoms with Gasteiger partial charge in [-0.1, -0.05) is 38.3 Å². The van der Waals surface area contributed by atoms with Gasteiger partial charge in [0.25, 0.3) is 5.91 Å². The molecule has 0 aliphatic heterocycles. The summed E-state index contributed by atoms with van der Waals surface area (Å²) in [4.78, 5) is 16.9. The van der Waals surface area contributed by atoms with Crippen LogP contribution < -0.4 is 15.4 Å². The molecule has 3 rings (SSSR count). The largest absolute Gasteiger partial charge is 0.434 e. The lowest BCUT2D eigenvalue weighted by Crippen LogP contribution is -2.35. The van der Waals surface area contributed by atoms with Gasteiger partial charge >= 0.3 is 24.4 Å². The topological polar surface area (TPSA) is 115 Å². The monoisotopic (exact) mass is 615 g/mol. The molecule has 0 bridgehead atoms. The van der Waals surface area contributed by atoms with Crippen LogP contribution in [0.15, 0.2) is 12.3 Å². The SMILES string of the molecule is CC[C@@H](Nc1cc(OC(F)F)c(-c2c(Cl)c(C(=O)NCC3CCC(C)CC3)nn2CC)cn1)C(F)(F)F.O=S=O. The average molecular weight is 616 g/mol. The molecule has 2 N–H and O–H groups in total. The summed E-state index contributed by atoms with van der Waals surface area (Å²) in [7, 11) is 0. The van der Waals surface area contributed by atoms with Crippen molar-refractivity contribution in [1.29, 1.82) is 0 Å². The number of hydrogen-bond donors (Lipinski definition) is 2. The number of alkyl halides is 5. The third-order valence-electron chi connectivity index (χ3n) is 6.56. The van der Waals surface area contributed by atoms with Gasteiger partial charge in [0.15, 0.2) is 5.69 Å². The molecule has 1 aliphatic rings. The number of carbonyl (C=O) groups is 1. The first-order chi connectivity index (χ1) is 18.9. The number of nitrogens with zero attached hydrogens (tertiary/aromatic N) is 3. The molecule has 1 atom stereocenters. The summed E-state index contributed by atoms with van der Waals surface area (Å²) in [5.74, 6) is -0.238. The number of aromatic nitrogens is 3. The first-order valence-corrected chi connectivity index (χ1v) is 13.6. The standard InChI is InChI=1S/C24H31ClF5N5O2.O2S/c1-4-17(24(28,29)30)33-18-10-16(37-23(26)27)15(12-31-18)21-19(25)20(34-35(21)5-2)22(36)32-11-14-8-6-13(3)7-9-14;1-3-2/h10,12-14,17,23H,4-9,11H2,1-3H3,(H,31,33)(H,32,36);/t13?,14?,17-;/m1./s1. The highest BCUT2D eigenvalue weighted by molar-refractivity contribution is 7.51. The number of aryl methyl sites for hydroxylation is 1. The van der Waals surface area contributed by atoms with E-state index < -0.39 is 42.1 Å². The van der Waals surface area contributed by atoms with E-state index in [1.807, 2.05) is 0 Å². The Kier molecular flexibility index (Phi) is 12.7. The molecule has 0 saturated heterocycles. The minimum absolute atomic E-state index is 0.0365. The lowest BCUT2D eigenvalue weighted by atomic mass is 9.83.